The number of benzene rings is 1. The molecule has 1 aromatic carbocycles. The Kier molecular flexibility index (Phi) is 6.07. The summed E-state index contributed by atoms with van der Waals surface area (Å²) in [4.78, 5) is 0. The van der Waals surface area contributed by atoms with Gasteiger partial charge in [-0.1, -0.05) is 12.1 Å². The Hall–Kier alpha value is -1.31. The number of aliphatic hydroxyl groups is 1. The summed E-state index contributed by atoms with van der Waals surface area (Å²) in [5.74, 6) is -0.144. The fraction of sp³-hybridized carbons (Fsp3) is 0.500. The van der Waals surface area contributed by atoms with Gasteiger partial charge in [-0.3, -0.25) is 4.31 Å². The van der Waals surface area contributed by atoms with Crippen LogP contribution in [0.1, 0.15) is 6.92 Å². The molecule has 0 aliphatic rings. The SMILES string of the molecule is CCOCCS(=O)(=O)N(CCO)c1ccccc1N. The zero-order valence-corrected chi connectivity index (χ0v) is 11.8. The Bertz CT molecular complexity index is 490. The molecule has 0 amide bonds. The van der Waals surface area contributed by atoms with Gasteiger partial charge < -0.3 is 15.6 Å². The van der Waals surface area contributed by atoms with Gasteiger partial charge in [-0.05, 0) is 19.1 Å². The van der Waals surface area contributed by atoms with E-state index >= 15 is 0 Å². The average molecular weight is 288 g/mol. The van der Waals surface area contributed by atoms with Gasteiger partial charge in [0, 0.05) is 6.61 Å². The zero-order chi connectivity index (χ0) is 14.3. The molecule has 0 bridgehead atoms. The molecular weight excluding hydrogens is 268 g/mol. The monoisotopic (exact) mass is 288 g/mol. The fourth-order valence-corrected chi connectivity index (χ4v) is 3.01. The van der Waals surface area contributed by atoms with Gasteiger partial charge in [0.05, 0.1) is 36.9 Å². The Morgan fingerprint density at radius 1 is 1.37 bits per heavy atom. The van der Waals surface area contributed by atoms with Crippen LogP contribution in [0.3, 0.4) is 0 Å². The summed E-state index contributed by atoms with van der Waals surface area (Å²) in [5, 5.41) is 9.05. The summed E-state index contributed by atoms with van der Waals surface area (Å²) in [7, 11) is -3.56. The summed E-state index contributed by atoms with van der Waals surface area (Å²) in [6.45, 7) is 2.08. The zero-order valence-electron chi connectivity index (χ0n) is 10.9. The van der Waals surface area contributed by atoms with Crippen molar-refractivity contribution in [1.29, 1.82) is 0 Å². The summed E-state index contributed by atoms with van der Waals surface area (Å²) < 4.78 is 30.6. The van der Waals surface area contributed by atoms with Crippen molar-refractivity contribution in [2.75, 3.05) is 42.2 Å². The van der Waals surface area contributed by atoms with Gasteiger partial charge in [-0.2, -0.15) is 0 Å². The molecule has 0 saturated heterocycles. The molecule has 1 rings (SSSR count). The van der Waals surface area contributed by atoms with E-state index in [0.717, 1.165) is 4.31 Å². The highest BCUT2D eigenvalue weighted by Crippen LogP contribution is 2.25. The van der Waals surface area contributed by atoms with E-state index in [1.807, 2.05) is 0 Å². The number of nitrogens with two attached hydrogens (primary N) is 1. The molecule has 0 spiro atoms. The van der Waals surface area contributed by atoms with Crippen molar-refractivity contribution in [3.8, 4) is 0 Å². The van der Waals surface area contributed by atoms with Crippen LogP contribution in [0, 0.1) is 0 Å². The lowest BCUT2D eigenvalue weighted by Gasteiger charge is -2.24. The first-order valence-corrected chi connectivity index (χ1v) is 7.67. The third-order valence-corrected chi connectivity index (χ3v) is 4.27. The van der Waals surface area contributed by atoms with Crippen LogP contribution < -0.4 is 10.0 Å². The van der Waals surface area contributed by atoms with E-state index in [0.29, 0.717) is 18.0 Å². The molecule has 0 aliphatic heterocycles. The minimum atomic E-state index is -3.56. The number of sulfonamides is 1. The Labute approximate surface area is 113 Å². The molecule has 0 unspecified atom stereocenters. The lowest BCUT2D eigenvalue weighted by Crippen LogP contribution is -2.37. The second kappa shape index (κ2) is 7.32. The van der Waals surface area contributed by atoms with Crippen molar-refractivity contribution in [3.63, 3.8) is 0 Å². The topological polar surface area (TPSA) is 92.9 Å². The van der Waals surface area contributed by atoms with Gasteiger partial charge in [0.15, 0.2) is 0 Å². The van der Waals surface area contributed by atoms with E-state index in [-0.39, 0.29) is 25.5 Å². The minimum absolute atomic E-state index is 0.0251. The number of nitrogen functional groups attached to an aromatic ring is 1. The molecule has 7 heteroatoms. The van der Waals surface area contributed by atoms with Crippen LogP contribution in [0.25, 0.3) is 0 Å². The summed E-state index contributed by atoms with van der Waals surface area (Å²) >= 11 is 0. The number of para-hydroxylation sites is 2. The summed E-state index contributed by atoms with van der Waals surface area (Å²) in [6, 6.07) is 6.66. The second-order valence-corrected chi connectivity index (χ2v) is 5.88. The van der Waals surface area contributed by atoms with Gasteiger partial charge >= 0.3 is 0 Å². The van der Waals surface area contributed by atoms with Crippen molar-refractivity contribution in [3.05, 3.63) is 24.3 Å². The normalized spacial score (nSPS) is 11.5. The number of anilines is 2. The molecule has 0 saturated carbocycles. The molecule has 0 radical (unpaired) electrons. The number of hydrogen-bond acceptors (Lipinski definition) is 5. The van der Waals surface area contributed by atoms with Crippen LogP contribution in [0.15, 0.2) is 24.3 Å². The molecule has 19 heavy (non-hydrogen) atoms. The highest BCUT2D eigenvalue weighted by molar-refractivity contribution is 7.92. The molecule has 0 heterocycles. The molecular formula is C12H20N2O4S. The summed E-state index contributed by atoms with van der Waals surface area (Å²) in [6.07, 6.45) is 0. The third-order valence-electron chi connectivity index (χ3n) is 2.53. The van der Waals surface area contributed by atoms with E-state index in [4.69, 9.17) is 15.6 Å². The summed E-state index contributed by atoms with van der Waals surface area (Å²) in [5.41, 5.74) is 6.52. The smallest absolute Gasteiger partial charge is 0.237 e. The van der Waals surface area contributed by atoms with E-state index in [2.05, 4.69) is 0 Å². The Morgan fingerprint density at radius 2 is 2.05 bits per heavy atom. The second-order valence-electron chi connectivity index (χ2n) is 3.87. The van der Waals surface area contributed by atoms with E-state index < -0.39 is 10.0 Å². The third kappa shape index (κ3) is 4.38. The predicted octanol–water partition coefficient (Wildman–Crippen LogP) is 0.434. The molecule has 1 aromatic rings. The maximum absolute atomic E-state index is 12.2. The first-order chi connectivity index (χ1) is 9.03. The molecule has 0 atom stereocenters. The number of hydrogen-bond donors (Lipinski definition) is 2. The molecule has 108 valence electrons. The van der Waals surface area contributed by atoms with Gasteiger partial charge in [-0.25, -0.2) is 8.42 Å². The minimum Gasteiger partial charge on any atom is -0.397 e. The van der Waals surface area contributed by atoms with Crippen LogP contribution in [0.2, 0.25) is 0 Å². The van der Waals surface area contributed by atoms with Crippen LogP contribution in [0.5, 0.6) is 0 Å². The van der Waals surface area contributed by atoms with Crippen molar-refractivity contribution >= 4 is 21.4 Å². The van der Waals surface area contributed by atoms with Gasteiger partial charge in [0.25, 0.3) is 0 Å². The Balaban J connectivity index is 2.97. The van der Waals surface area contributed by atoms with Crippen LogP contribution in [-0.2, 0) is 14.8 Å². The highest BCUT2D eigenvalue weighted by atomic mass is 32.2. The highest BCUT2D eigenvalue weighted by Gasteiger charge is 2.23. The first-order valence-electron chi connectivity index (χ1n) is 6.06. The standard InChI is InChI=1S/C12H20N2O4S/c1-2-18-9-10-19(16,17)14(7-8-15)12-6-4-3-5-11(12)13/h3-6,15H,2,7-10,13H2,1H3. The lowest BCUT2D eigenvalue weighted by atomic mass is 10.3. The first kappa shape index (κ1) is 15.7. The van der Waals surface area contributed by atoms with Gasteiger partial charge in [0.1, 0.15) is 0 Å². The van der Waals surface area contributed by atoms with Crippen LogP contribution >= 0.6 is 0 Å². The average Bonchev–Trinajstić information content (AvgIpc) is 2.37. The van der Waals surface area contributed by atoms with Crippen LogP contribution in [-0.4, -0.2) is 45.6 Å². The maximum atomic E-state index is 12.2. The van der Waals surface area contributed by atoms with E-state index in [9.17, 15) is 8.42 Å². The largest absolute Gasteiger partial charge is 0.397 e. The van der Waals surface area contributed by atoms with Gasteiger partial charge in [0.2, 0.25) is 10.0 Å². The van der Waals surface area contributed by atoms with Crippen molar-refractivity contribution in [2.45, 2.75) is 6.92 Å². The maximum Gasteiger partial charge on any atom is 0.237 e. The van der Waals surface area contributed by atoms with Crippen molar-refractivity contribution in [1.82, 2.24) is 0 Å². The predicted molar refractivity (Wildman–Crippen MR) is 75.6 cm³/mol. The van der Waals surface area contributed by atoms with Crippen LogP contribution in [0.4, 0.5) is 11.4 Å². The fourth-order valence-electron chi connectivity index (χ4n) is 1.63. The number of nitrogens with zero attached hydrogens (tertiary/aromatic N) is 1. The molecule has 0 fully saturated rings. The quantitative estimate of drug-likeness (QED) is 0.534. The van der Waals surface area contributed by atoms with Crippen molar-refractivity contribution in [2.24, 2.45) is 0 Å². The van der Waals surface area contributed by atoms with Crippen molar-refractivity contribution < 1.29 is 18.3 Å². The lowest BCUT2D eigenvalue weighted by molar-refractivity contribution is 0.163. The molecule has 6 nitrogen and oxygen atoms in total. The van der Waals surface area contributed by atoms with E-state index in [1.54, 1.807) is 31.2 Å². The molecule has 0 aromatic heterocycles. The number of aliphatic hydroxyl groups excluding tert-OH is 1. The van der Waals surface area contributed by atoms with E-state index in [1.165, 1.54) is 0 Å². The molecule has 0 aliphatic carbocycles. The Morgan fingerprint density at radius 3 is 2.63 bits per heavy atom. The molecule has 3 N–H and O–H groups in total. The number of ether oxygens (including phenoxy) is 1. The number of rotatable bonds is 8. The van der Waals surface area contributed by atoms with Gasteiger partial charge in [-0.15, -0.1) is 0 Å².